The van der Waals surface area contributed by atoms with Gasteiger partial charge < -0.3 is 5.32 Å². The van der Waals surface area contributed by atoms with Crippen molar-refractivity contribution in [3.63, 3.8) is 0 Å². The lowest BCUT2D eigenvalue weighted by molar-refractivity contribution is 0.0953. The molecule has 0 saturated carbocycles. The molecular weight excluding hydrogens is 393 g/mol. The molecule has 1 N–H and O–H groups in total. The molecule has 0 bridgehead atoms. The summed E-state index contributed by atoms with van der Waals surface area (Å²) in [6, 6.07) is 7.52. The Kier molecular flexibility index (Phi) is 4.62. The number of hydrogen-bond donors (Lipinski definition) is 1. The van der Waals surface area contributed by atoms with Crippen molar-refractivity contribution in [2.75, 3.05) is 6.54 Å². The third-order valence-corrected chi connectivity index (χ3v) is 3.94. The fourth-order valence-corrected chi connectivity index (χ4v) is 2.44. The summed E-state index contributed by atoms with van der Waals surface area (Å²) in [5.41, 5.74) is 1.76. The van der Waals surface area contributed by atoms with Crippen molar-refractivity contribution in [3.8, 4) is 0 Å². The van der Waals surface area contributed by atoms with Gasteiger partial charge in [0.15, 0.2) is 0 Å². The summed E-state index contributed by atoms with van der Waals surface area (Å²) >= 11 is 2.22. The first-order chi connectivity index (χ1) is 10.7. The molecule has 7 heteroatoms. The number of nitrogens with zero attached hydrogens (tertiary/aromatic N) is 4. The van der Waals surface area contributed by atoms with Crippen molar-refractivity contribution in [2.24, 2.45) is 0 Å². The Balaban J connectivity index is 1.48. The second kappa shape index (κ2) is 6.82. The Morgan fingerprint density at radius 3 is 2.86 bits per heavy atom. The number of rotatable bonds is 5. The molecule has 1 aromatic carbocycles. The Labute approximate surface area is 141 Å². The van der Waals surface area contributed by atoms with Crippen LogP contribution in [0.25, 0.3) is 5.78 Å². The van der Waals surface area contributed by atoms with E-state index in [1.54, 1.807) is 10.7 Å². The molecule has 0 fully saturated rings. The number of carbonyl (C=O) groups excluding carboxylic acids is 1. The topological polar surface area (TPSA) is 72.2 Å². The molecule has 3 rings (SSSR count). The third-order valence-electron chi connectivity index (χ3n) is 3.22. The second-order valence-electron chi connectivity index (χ2n) is 4.83. The molecule has 2 heterocycles. The Bertz CT molecular complexity index is 784. The first-order valence-corrected chi connectivity index (χ1v) is 7.98. The van der Waals surface area contributed by atoms with Crippen molar-refractivity contribution < 1.29 is 4.79 Å². The summed E-state index contributed by atoms with van der Waals surface area (Å²) in [6.07, 6.45) is 6.86. The average molecular weight is 407 g/mol. The first-order valence-electron chi connectivity index (χ1n) is 6.90. The lowest BCUT2D eigenvalue weighted by Crippen LogP contribution is -2.24. The molecule has 112 valence electrons. The van der Waals surface area contributed by atoms with Crippen LogP contribution in [0.3, 0.4) is 0 Å². The number of nitrogens with one attached hydrogen (secondary N) is 1. The highest BCUT2D eigenvalue weighted by Gasteiger charge is 2.04. The standard InChI is InChI=1S/C15H14IN5O/c16-13-5-3-12(4-6-13)14(22)17-7-1-2-11-8-18-15-19-10-20-21(15)9-11/h3-6,8-10H,1-2,7H2,(H,17,22). The van der Waals surface area contributed by atoms with E-state index in [9.17, 15) is 4.79 Å². The van der Waals surface area contributed by atoms with Gasteiger partial charge in [-0.3, -0.25) is 4.79 Å². The molecule has 2 aromatic heterocycles. The molecule has 0 aliphatic carbocycles. The minimum Gasteiger partial charge on any atom is -0.352 e. The number of halogens is 1. The summed E-state index contributed by atoms with van der Waals surface area (Å²) in [4.78, 5) is 20.2. The van der Waals surface area contributed by atoms with Crippen molar-refractivity contribution in [1.29, 1.82) is 0 Å². The highest BCUT2D eigenvalue weighted by atomic mass is 127. The number of amides is 1. The maximum Gasteiger partial charge on any atom is 0.252 e. The van der Waals surface area contributed by atoms with Crippen LogP contribution < -0.4 is 5.32 Å². The molecule has 0 unspecified atom stereocenters. The monoisotopic (exact) mass is 407 g/mol. The van der Waals surface area contributed by atoms with E-state index in [4.69, 9.17) is 0 Å². The van der Waals surface area contributed by atoms with E-state index in [1.165, 1.54) is 6.33 Å². The fourth-order valence-electron chi connectivity index (χ4n) is 2.09. The Morgan fingerprint density at radius 2 is 2.05 bits per heavy atom. The van der Waals surface area contributed by atoms with Crippen LogP contribution in [0.2, 0.25) is 0 Å². The number of hydrogen-bond acceptors (Lipinski definition) is 4. The SMILES string of the molecule is O=C(NCCCc1cnc2ncnn2c1)c1ccc(I)cc1. The minimum absolute atomic E-state index is 0.0405. The second-order valence-corrected chi connectivity index (χ2v) is 6.08. The summed E-state index contributed by atoms with van der Waals surface area (Å²) in [5.74, 6) is 0.553. The largest absolute Gasteiger partial charge is 0.352 e. The van der Waals surface area contributed by atoms with E-state index in [-0.39, 0.29) is 5.91 Å². The molecule has 0 saturated heterocycles. The molecule has 0 aliphatic heterocycles. The van der Waals surface area contributed by atoms with Gasteiger partial charge in [0, 0.05) is 28.1 Å². The molecule has 0 spiro atoms. The van der Waals surface area contributed by atoms with Gasteiger partial charge in [-0.1, -0.05) is 0 Å². The summed E-state index contributed by atoms with van der Waals surface area (Å²) in [7, 11) is 0. The van der Waals surface area contributed by atoms with E-state index < -0.39 is 0 Å². The van der Waals surface area contributed by atoms with Gasteiger partial charge in [-0.2, -0.15) is 10.1 Å². The first kappa shape index (κ1) is 14.9. The quantitative estimate of drug-likeness (QED) is 0.520. The minimum atomic E-state index is -0.0405. The molecule has 1 amide bonds. The molecule has 3 aromatic rings. The Hall–Kier alpha value is -2.03. The van der Waals surface area contributed by atoms with Crippen molar-refractivity contribution in [2.45, 2.75) is 12.8 Å². The van der Waals surface area contributed by atoms with Crippen LogP contribution in [0.4, 0.5) is 0 Å². The number of aryl methyl sites for hydroxylation is 1. The van der Waals surface area contributed by atoms with Crippen molar-refractivity contribution in [3.05, 3.63) is 57.7 Å². The zero-order valence-corrected chi connectivity index (χ0v) is 13.9. The maximum absolute atomic E-state index is 12.0. The van der Waals surface area contributed by atoms with E-state index in [0.717, 1.165) is 22.0 Å². The van der Waals surface area contributed by atoms with Crippen molar-refractivity contribution in [1.82, 2.24) is 24.9 Å². The molecule has 22 heavy (non-hydrogen) atoms. The van der Waals surface area contributed by atoms with Crippen LogP contribution in [-0.4, -0.2) is 32.0 Å². The summed E-state index contributed by atoms with van der Waals surface area (Å²) < 4.78 is 2.77. The van der Waals surface area contributed by atoms with E-state index >= 15 is 0 Å². The summed E-state index contributed by atoms with van der Waals surface area (Å²) in [6.45, 7) is 0.625. The van der Waals surface area contributed by atoms with Gasteiger partial charge in [-0.25, -0.2) is 9.50 Å². The fraction of sp³-hybridized carbons (Fsp3) is 0.200. The van der Waals surface area contributed by atoms with Gasteiger partial charge in [0.05, 0.1) is 0 Å². The van der Waals surface area contributed by atoms with Gasteiger partial charge in [0.2, 0.25) is 0 Å². The third kappa shape index (κ3) is 3.59. The van der Waals surface area contributed by atoms with Crippen LogP contribution in [0, 0.1) is 3.57 Å². The van der Waals surface area contributed by atoms with Gasteiger partial charge in [0.1, 0.15) is 6.33 Å². The Morgan fingerprint density at radius 1 is 1.23 bits per heavy atom. The van der Waals surface area contributed by atoms with E-state index in [0.29, 0.717) is 17.9 Å². The number of fused-ring (bicyclic) bond motifs is 1. The highest BCUT2D eigenvalue weighted by Crippen LogP contribution is 2.07. The zero-order valence-electron chi connectivity index (χ0n) is 11.7. The lowest BCUT2D eigenvalue weighted by Gasteiger charge is -2.05. The average Bonchev–Trinajstić information content (AvgIpc) is 2.99. The van der Waals surface area contributed by atoms with Gasteiger partial charge in [-0.15, -0.1) is 0 Å². The van der Waals surface area contributed by atoms with Gasteiger partial charge in [-0.05, 0) is 65.3 Å². The smallest absolute Gasteiger partial charge is 0.252 e. The summed E-state index contributed by atoms with van der Waals surface area (Å²) in [5, 5.41) is 6.98. The molecule has 6 nitrogen and oxygen atoms in total. The van der Waals surface area contributed by atoms with Gasteiger partial charge in [0.25, 0.3) is 11.7 Å². The predicted molar refractivity (Wildman–Crippen MR) is 90.6 cm³/mol. The van der Waals surface area contributed by atoms with Crippen molar-refractivity contribution >= 4 is 34.3 Å². The maximum atomic E-state index is 12.0. The molecule has 0 radical (unpaired) electrons. The number of benzene rings is 1. The van der Waals surface area contributed by atoms with Crippen LogP contribution in [0.5, 0.6) is 0 Å². The van der Waals surface area contributed by atoms with E-state index in [1.807, 2.05) is 30.5 Å². The van der Waals surface area contributed by atoms with Crippen LogP contribution in [-0.2, 0) is 6.42 Å². The van der Waals surface area contributed by atoms with Crippen LogP contribution in [0.1, 0.15) is 22.3 Å². The number of aromatic nitrogens is 4. The molecule has 0 aliphatic rings. The highest BCUT2D eigenvalue weighted by molar-refractivity contribution is 14.1. The normalized spacial score (nSPS) is 10.8. The molecule has 0 atom stereocenters. The van der Waals surface area contributed by atoms with E-state index in [2.05, 4.69) is 43.0 Å². The molecular formula is C15H14IN5O. The number of carbonyl (C=O) groups is 1. The lowest BCUT2D eigenvalue weighted by atomic mass is 10.2. The zero-order chi connectivity index (χ0) is 15.4. The predicted octanol–water partition coefficient (Wildman–Crippen LogP) is 2.09. The van der Waals surface area contributed by atoms with Gasteiger partial charge >= 0.3 is 0 Å². The van der Waals surface area contributed by atoms with Crippen LogP contribution >= 0.6 is 22.6 Å². The van der Waals surface area contributed by atoms with Crippen LogP contribution in [0.15, 0.2) is 43.0 Å².